The summed E-state index contributed by atoms with van der Waals surface area (Å²) >= 11 is 0. The quantitative estimate of drug-likeness (QED) is 0.453. The minimum Gasteiger partial charge on any atom is -0.343 e. The maximum atomic E-state index is 13.1. The summed E-state index contributed by atoms with van der Waals surface area (Å²) in [5, 5.41) is 13.8. The van der Waals surface area contributed by atoms with Crippen LogP contribution >= 0.6 is 0 Å². The first-order chi connectivity index (χ1) is 9.99. The predicted molar refractivity (Wildman–Crippen MR) is 77.3 cm³/mol. The van der Waals surface area contributed by atoms with Crippen LogP contribution in [-0.2, 0) is 11.3 Å². The zero-order chi connectivity index (χ0) is 15.8. The molecule has 0 saturated carbocycles. The Balaban J connectivity index is 2.51. The van der Waals surface area contributed by atoms with E-state index in [-0.39, 0.29) is 23.7 Å². The Morgan fingerprint density at radius 1 is 1.38 bits per heavy atom. The molecule has 1 aromatic rings. The third-order valence-corrected chi connectivity index (χ3v) is 3.19. The van der Waals surface area contributed by atoms with Gasteiger partial charge in [0.25, 0.3) is 5.69 Å². The average Bonchev–Trinajstić information content (AvgIpc) is 2.44. The summed E-state index contributed by atoms with van der Waals surface area (Å²) in [5.74, 6) is -0.488. The number of hydrogen-bond donors (Lipinski definition) is 1. The minimum atomic E-state index is -0.544. The summed E-state index contributed by atoms with van der Waals surface area (Å²) in [6.45, 7) is 5.67. The van der Waals surface area contributed by atoms with Gasteiger partial charge in [-0.2, -0.15) is 0 Å². The van der Waals surface area contributed by atoms with Crippen molar-refractivity contribution >= 4 is 11.6 Å². The summed E-state index contributed by atoms with van der Waals surface area (Å²) < 4.78 is 13.1. The SMILES string of the molecule is CCN(CC)C(=O)CCNCc1cc(F)ccc1[N+](=O)[O-]. The fraction of sp³-hybridized carbons (Fsp3) is 0.500. The lowest BCUT2D eigenvalue weighted by Gasteiger charge is -2.18. The third-order valence-electron chi connectivity index (χ3n) is 3.19. The van der Waals surface area contributed by atoms with Crippen molar-refractivity contribution in [1.82, 2.24) is 10.2 Å². The van der Waals surface area contributed by atoms with E-state index in [2.05, 4.69) is 5.32 Å². The average molecular weight is 297 g/mol. The molecular weight excluding hydrogens is 277 g/mol. The first kappa shape index (κ1) is 17.0. The number of nitrogens with zero attached hydrogens (tertiary/aromatic N) is 2. The van der Waals surface area contributed by atoms with Crippen molar-refractivity contribution in [1.29, 1.82) is 0 Å². The monoisotopic (exact) mass is 297 g/mol. The molecule has 0 aliphatic rings. The van der Waals surface area contributed by atoms with Gasteiger partial charge in [0.2, 0.25) is 5.91 Å². The molecule has 0 saturated heterocycles. The molecule has 0 unspecified atom stereocenters. The van der Waals surface area contributed by atoms with Crippen molar-refractivity contribution in [3.63, 3.8) is 0 Å². The van der Waals surface area contributed by atoms with Gasteiger partial charge in [0.05, 0.1) is 4.92 Å². The van der Waals surface area contributed by atoms with Crippen LogP contribution in [0.4, 0.5) is 10.1 Å². The standard InChI is InChI=1S/C14H20FN3O3/c1-3-17(4-2)14(19)7-8-16-10-11-9-12(15)5-6-13(11)18(20)21/h5-6,9,16H,3-4,7-8,10H2,1-2H3. The van der Waals surface area contributed by atoms with E-state index in [1.54, 1.807) is 4.90 Å². The molecule has 0 spiro atoms. The molecule has 0 aliphatic heterocycles. The van der Waals surface area contributed by atoms with E-state index >= 15 is 0 Å². The topological polar surface area (TPSA) is 75.5 Å². The highest BCUT2D eigenvalue weighted by Gasteiger charge is 2.14. The fourth-order valence-electron chi connectivity index (χ4n) is 2.03. The van der Waals surface area contributed by atoms with Gasteiger partial charge >= 0.3 is 0 Å². The third kappa shape index (κ3) is 5.11. The van der Waals surface area contributed by atoms with Gasteiger partial charge in [-0.25, -0.2) is 4.39 Å². The fourth-order valence-corrected chi connectivity index (χ4v) is 2.03. The maximum absolute atomic E-state index is 13.1. The largest absolute Gasteiger partial charge is 0.343 e. The van der Waals surface area contributed by atoms with Gasteiger partial charge in [-0.3, -0.25) is 14.9 Å². The molecule has 6 nitrogen and oxygen atoms in total. The number of carbonyl (C=O) groups excluding carboxylic acids is 1. The molecule has 0 aliphatic carbocycles. The van der Waals surface area contributed by atoms with Crippen LogP contribution in [0.2, 0.25) is 0 Å². The molecule has 116 valence electrons. The van der Waals surface area contributed by atoms with Crippen molar-refractivity contribution < 1.29 is 14.1 Å². The van der Waals surface area contributed by atoms with Crippen LogP contribution in [0.3, 0.4) is 0 Å². The Labute approximate surface area is 123 Å². The molecule has 0 radical (unpaired) electrons. The number of amides is 1. The Bertz CT molecular complexity index is 504. The number of benzene rings is 1. The molecule has 21 heavy (non-hydrogen) atoms. The molecular formula is C14H20FN3O3. The van der Waals surface area contributed by atoms with Gasteiger partial charge in [0.1, 0.15) is 5.82 Å². The van der Waals surface area contributed by atoms with Crippen LogP contribution in [0, 0.1) is 15.9 Å². The Hall–Kier alpha value is -2.02. The maximum Gasteiger partial charge on any atom is 0.274 e. The van der Waals surface area contributed by atoms with E-state index < -0.39 is 10.7 Å². The van der Waals surface area contributed by atoms with Crippen LogP contribution in [0.25, 0.3) is 0 Å². The van der Waals surface area contributed by atoms with Gasteiger partial charge in [-0.15, -0.1) is 0 Å². The number of nitro groups is 1. The van der Waals surface area contributed by atoms with Crippen LogP contribution in [-0.4, -0.2) is 35.4 Å². The van der Waals surface area contributed by atoms with Crippen LogP contribution in [0.15, 0.2) is 18.2 Å². The summed E-state index contributed by atoms with van der Waals surface area (Å²) in [4.78, 5) is 23.8. The van der Waals surface area contributed by atoms with E-state index in [1.807, 2.05) is 13.8 Å². The highest BCUT2D eigenvalue weighted by atomic mass is 19.1. The highest BCUT2D eigenvalue weighted by molar-refractivity contribution is 5.76. The summed E-state index contributed by atoms with van der Waals surface area (Å²) in [5.41, 5.74) is 0.147. The van der Waals surface area contributed by atoms with E-state index in [4.69, 9.17) is 0 Å². The van der Waals surface area contributed by atoms with Crippen LogP contribution in [0.5, 0.6) is 0 Å². The number of nitrogens with one attached hydrogen (secondary N) is 1. The lowest BCUT2D eigenvalue weighted by molar-refractivity contribution is -0.385. The van der Waals surface area contributed by atoms with Crippen molar-refractivity contribution in [2.24, 2.45) is 0 Å². The molecule has 1 rings (SSSR count). The molecule has 1 N–H and O–H groups in total. The van der Waals surface area contributed by atoms with Gasteiger partial charge < -0.3 is 10.2 Å². The summed E-state index contributed by atoms with van der Waals surface area (Å²) in [6, 6.07) is 3.34. The second-order valence-corrected chi connectivity index (χ2v) is 4.52. The molecule has 0 fully saturated rings. The van der Waals surface area contributed by atoms with Crippen molar-refractivity contribution in [2.45, 2.75) is 26.8 Å². The molecule has 1 amide bonds. The summed E-state index contributed by atoms with van der Waals surface area (Å²) in [7, 11) is 0. The van der Waals surface area contributed by atoms with E-state index in [0.717, 1.165) is 18.2 Å². The van der Waals surface area contributed by atoms with E-state index in [9.17, 15) is 19.3 Å². The Morgan fingerprint density at radius 2 is 2.05 bits per heavy atom. The lowest BCUT2D eigenvalue weighted by Crippen LogP contribution is -2.32. The first-order valence-corrected chi connectivity index (χ1v) is 6.90. The molecule has 0 bridgehead atoms. The predicted octanol–water partition coefficient (Wildman–Crippen LogP) is 2.08. The van der Waals surface area contributed by atoms with E-state index in [0.29, 0.717) is 26.1 Å². The first-order valence-electron chi connectivity index (χ1n) is 6.90. The van der Waals surface area contributed by atoms with Crippen molar-refractivity contribution in [2.75, 3.05) is 19.6 Å². The second kappa shape index (κ2) is 8.31. The molecule has 1 aromatic carbocycles. The zero-order valence-electron chi connectivity index (χ0n) is 12.3. The lowest BCUT2D eigenvalue weighted by atomic mass is 10.1. The number of hydrogen-bond acceptors (Lipinski definition) is 4. The van der Waals surface area contributed by atoms with Crippen molar-refractivity contribution in [3.05, 3.63) is 39.7 Å². The van der Waals surface area contributed by atoms with Gasteiger partial charge in [0, 0.05) is 44.2 Å². The number of rotatable bonds is 8. The zero-order valence-corrected chi connectivity index (χ0v) is 12.3. The van der Waals surface area contributed by atoms with Gasteiger partial charge in [-0.1, -0.05) is 0 Å². The van der Waals surface area contributed by atoms with Crippen LogP contribution in [0.1, 0.15) is 25.8 Å². The number of carbonyl (C=O) groups is 1. The Kier molecular flexibility index (Phi) is 6.74. The molecule has 0 heterocycles. The number of halogens is 1. The summed E-state index contributed by atoms with van der Waals surface area (Å²) in [6.07, 6.45) is 0.310. The highest BCUT2D eigenvalue weighted by Crippen LogP contribution is 2.19. The smallest absolute Gasteiger partial charge is 0.274 e. The molecule has 0 atom stereocenters. The molecule has 0 aromatic heterocycles. The minimum absolute atomic E-state index is 0.0289. The van der Waals surface area contributed by atoms with Gasteiger partial charge in [0.15, 0.2) is 0 Å². The molecule has 7 heteroatoms. The second-order valence-electron chi connectivity index (χ2n) is 4.52. The van der Waals surface area contributed by atoms with Crippen LogP contribution < -0.4 is 5.32 Å². The van der Waals surface area contributed by atoms with Gasteiger partial charge in [-0.05, 0) is 26.0 Å². The number of nitro benzene ring substituents is 1. The Morgan fingerprint density at radius 3 is 2.62 bits per heavy atom. The normalized spacial score (nSPS) is 10.4. The van der Waals surface area contributed by atoms with Crippen molar-refractivity contribution in [3.8, 4) is 0 Å². The van der Waals surface area contributed by atoms with E-state index in [1.165, 1.54) is 0 Å².